The maximum absolute atomic E-state index is 12.4. The maximum atomic E-state index is 12.4. The molecule has 0 radical (unpaired) electrons. The highest BCUT2D eigenvalue weighted by Crippen LogP contribution is 2.33. The van der Waals surface area contributed by atoms with Crippen LogP contribution in [0.2, 0.25) is 0 Å². The zero-order chi connectivity index (χ0) is 14.1. The minimum absolute atomic E-state index is 0.0405. The molecule has 0 unspecified atom stereocenters. The topological polar surface area (TPSA) is 51.3 Å². The number of aromatic amines is 1. The highest BCUT2D eigenvalue weighted by molar-refractivity contribution is 5.33. The zero-order valence-corrected chi connectivity index (χ0v) is 8.57. The number of halogens is 6. The molecule has 18 heavy (non-hydrogen) atoms. The van der Waals surface area contributed by atoms with Crippen molar-refractivity contribution in [1.82, 2.24) is 4.98 Å². The molecule has 0 saturated carbocycles. The van der Waals surface area contributed by atoms with E-state index in [0.29, 0.717) is 0 Å². The third-order valence-corrected chi connectivity index (χ3v) is 1.69. The van der Waals surface area contributed by atoms with Crippen LogP contribution in [-0.2, 0) is 6.18 Å². The molecule has 1 aromatic rings. The second-order valence-corrected chi connectivity index (χ2v) is 2.95. The lowest BCUT2D eigenvalue weighted by Crippen LogP contribution is -2.24. The van der Waals surface area contributed by atoms with Gasteiger partial charge in [0.1, 0.15) is 0 Å². The summed E-state index contributed by atoms with van der Waals surface area (Å²) in [5, 5.41) is 0. The van der Waals surface area contributed by atoms with E-state index in [2.05, 4.69) is 9.47 Å². The monoisotopic (exact) mass is 277 g/mol. The predicted molar refractivity (Wildman–Crippen MR) is 45.3 cm³/mol. The van der Waals surface area contributed by atoms with Gasteiger partial charge in [-0.25, -0.2) is 0 Å². The van der Waals surface area contributed by atoms with Crippen molar-refractivity contribution in [2.45, 2.75) is 12.5 Å². The highest BCUT2D eigenvalue weighted by atomic mass is 19.4. The molecule has 0 atom stereocenters. The molecule has 0 aromatic carbocycles. The van der Waals surface area contributed by atoms with Crippen LogP contribution in [0, 0.1) is 0 Å². The number of aromatic nitrogens is 1. The number of hydrogen-bond donors (Lipinski definition) is 1. The van der Waals surface area contributed by atoms with E-state index in [4.69, 9.17) is 0 Å². The van der Waals surface area contributed by atoms with Gasteiger partial charge in [-0.05, 0) is 0 Å². The van der Waals surface area contributed by atoms with E-state index < -0.39 is 35.3 Å². The van der Waals surface area contributed by atoms with Gasteiger partial charge in [0, 0.05) is 6.07 Å². The van der Waals surface area contributed by atoms with Crippen LogP contribution >= 0.6 is 0 Å². The van der Waals surface area contributed by atoms with E-state index in [1.54, 1.807) is 4.98 Å². The molecular weight excluding hydrogens is 272 g/mol. The molecule has 0 aliphatic rings. The second-order valence-electron chi connectivity index (χ2n) is 2.95. The number of ether oxygens (including phenoxy) is 2. The summed E-state index contributed by atoms with van der Waals surface area (Å²) in [5.41, 5.74) is -3.43. The maximum Gasteiger partial charge on any atom is 0.574 e. The number of methoxy groups -OCH3 is 1. The van der Waals surface area contributed by atoms with Crippen LogP contribution in [0.25, 0.3) is 0 Å². The standard InChI is InChI=1S/C8H5F6NO3/c1-17-6-5(7(9,10)11)3(16)2-4(15-6)18-8(12,13)14/h2H,1H3,(H,15,16). The first-order valence-electron chi connectivity index (χ1n) is 4.19. The Morgan fingerprint density at radius 2 is 1.72 bits per heavy atom. The molecule has 0 aliphatic carbocycles. The third kappa shape index (κ3) is 3.31. The average Bonchev–Trinajstić information content (AvgIpc) is 2.11. The number of rotatable bonds is 2. The van der Waals surface area contributed by atoms with Gasteiger partial charge >= 0.3 is 12.5 Å². The lowest BCUT2D eigenvalue weighted by Gasteiger charge is -2.13. The van der Waals surface area contributed by atoms with Crippen molar-refractivity contribution in [3.05, 3.63) is 21.9 Å². The zero-order valence-electron chi connectivity index (χ0n) is 8.57. The van der Waals surface area contributed by atoms with E-state index in [1.165, 1.54) is 0 Å². The van der Waals surface area contributed by atoms with Crippen LogP contribution in [0.3, 0.4) is 0 Å². The summed E-state index contributed by atoms with van der Waals surface area (Å²) in [6.07, 6.45) is -10.2. The summed E-state index contributed by atoms with van der Waals surface area (Å²) in [4.78, 5) is 12.7. The Kier molecular flexibility index (Phi) is 3.49. The first kappa shape index (κ1) is 14.2. The number of alkyl halides is 6. The van der Waals surface area contributed by atoms with Crippen LogP contribution < -0.4 is 14.9 Å². The van der Waals surface area contributed by atoms with E-state index in [1.807, 2.05) is 0 Å². The molecule has 10 heteroatoms. The molecule has 0 fully saturated rings. The minimum atomic E-state index is -5.15. The van der Waals surface area contributed by atoms with Crippen LogP contribution in [-0.4, -0.2) is 18.5 Å². The largest absolute Gasteiger partial charge is 0.574 e. The number of H-pyrrole nitrogens is 1. The molecule has 102 valence electrons. The molecule has 0 amide bonds. The Labute approximate surface area is 95.1 Å². The van der Waals surface area contributed by atoms with E-state index in [0.717, 1.165) is 7.11 Å². The van der Waals surface area contributed by atoms with Crippen molar-refractivity contribution in [3.63, 3.8) is 0 Å². The fourth-order valence-corrected chi connectivity index (χ4v) is 1.11. The Balaban J connectivity index is 3.33. The van der Waals surface area contributed by atoms with Crippen molar-refractivity contribution in [3.8, 4) is 11.8 Å². The van der Waals surface area contributed by atoms with E-state index >= 15 is 0 Å². The Bertz CT molecular complexity index is 489. The van der Waals surface area contributed by atoms with E-state index in [9.17, 15) is 31.1 Å². The molecule has 1 rings (SSSR count). The minimum Gasteiger partial charge on any atom is -0.482 e. The average molecular weight is 277 g/mol. The Morgan fingerprint density at radius 3 is 2.11 bits per heavy atom. The van der Waals surface area contributed by atoms with Crippen molar-refractivity contribution >= 4 is 0 Å². The summed E-state index contributed by atoms with van der Waals surface area (Å²) in [7, 11) is 0.762. The van der Waals surface area contributed by atoms with Gasteiger partial charge in [0.15, 0.2) is 5.56 Å². The molecule has 0 bridgehead atoms. The van der Waals surface area contributed by atoms with Gasteiger partial charge in [-0.1, -0.05) is 0 Å². The summed E-state index contributed by atoms with van der Waals surface area (Å²) in [6.45, 7) is 0. The van der Waals surface area contributed by atoms with Crippen molar-refractivity contribution in [2.75, 3.05) is 7.11 Å². The molecule has 0 spiro atoms. The SMILES string of the molecule is COc1[nH]c(OC(F)(F)F)cc(=O)c1C(F)(F)F. The molecular formula is C8H5F6NO3. The van der Waals surface area contributed by atoms with Crippen LogP contribution in [0.5, 0.6) is 11.8 Å². The normalized spacial score (nSPS) is 12.4. The molecule has 1 aromatic heterocycles. The Morgan fingerprint density at radius 1 is 1.17 bits per heavy atom. The van der Waals surface area contributed by atoms with Crippen LogP contribution in [0.1, 0.15) is 5.56 Å². The van der Waals surface area contributed by atoms with Crippen molar-refractivity contribution < 1.29 is 35.8 Å². The molecule has 1 heterocycles. The van der Waals surface area contributed by atoms with E-state index in [-0.39, 0.29) is 6.07 Å². The smallest absolute Gasteiger partial charge is 0.482 e. The van der Waals surface area contributed by atoms with Crippen LogP contribution in [0.15, 0.2) is 10.9 Å². The lowest BCUT2D eigenvalue weighted by molar-refractivity contribution is -0.276. The van der Waals surface area contributed by atoms with Gasteiger partial charge in [0.2, 0.25) is 17.2 Å². The summed E-state index contributed by atoms with van der Waals surface area (Å²) in [6, 6.07) is 0.0405. The van der Waals surface area contributed by atoms with Gasteiger partial charge in [-0.2, -0.15) is 13.2 Å². The quantitative estimate of drug-likeness (QED) is 0.844. The number of nitrogens with one attached hydrogen (secondary N) is 1. The number of pyridine rings is 1. The third-order valence-electron chi connectivity index (χ3n) is 1.69. The lowest BCUT2D eigenvalue weighted by atomic mass is 10.2. The molecule has 0 aliphatic heterocycles. The molecule has 0 saturated heterocycles. The predicted octanol–water partition coefficient (Wildman–Crippen LogP) is 2.30. The summed E-state index contributed by atoms with van der Waals surface area (Å²) in [5.74, 6) is -2.36. The number of hydrogen-bond acceptors (Lipinski definition) is 3. The van der Waals surface area contributed by atoms with Gasteiger partial charge < -0.3 is 9.47 Å². The van der Waals surface area contributed by atoms with Gasteiger partial charge in [0.05, 0.1) is 7.11 Å². The Hall–Kier alpha value is -1.87. The van der Waals surface area contributed by atoms with Crippen LogP contribution in [0.4, 0.5) is 26.3 Å². The highest BCUT2D eigenvalue weighted by Gasteiger charge is 2.39. The summed E-state index contributed by atoms with van der Waals surface area (Å²) < 4.78 is 80.2. The second kappa shape index (κ2) is 4.42. The van der Waals surface area contributed by atoms with Crippen molar-refractivity contribution in [1.29, 1.82) is 0 Å². The van der Waals surface area contributed by atoms with Crippen molar-refractivity contribution in [2.24, 2.45) is 0 Å². The molecule has 1 N–H and O–H groups in total. The fourth-order valence-electron chi connectivity index (χ4n) is 1.11. The van der Waals surface area contributed by atoms with Gasteiger partial charge in [-0.15, -0.1) is 13.2 Å². The summed E-state index contributed by atoms with van der Waals surface area (Å²) >= 11 is 0. The fraction of sp³-hybridized carbons (Fsp3) is 0.375. The first-order chi connectivity index (χ1) is 8.04. The van der Waals surface area contributed by atoms with Gasteiger partial charge in [-0.3, -0.25) is 9.78 Å². The molecule has 4 nitrogen and oxygen atoms in total. The first-order valence-corrected chi connectivity index (χ1v) is 4.19. The van der Waals surface area contributed by atoms with Gasteiger partial charge in [0.25, 0.3) is 0 Å².